The van der Waals surface area contributed by atoms with Crippen molar-refractivity contribution in [2.75, 3.05) is 5.73 Å². The third-order valence-corrected chi connectivity index (χ3v) is 1.31. The van der Waals surface area contributed by atoms with Crippen LogP contribution < -0.4 is 5.73 Å². The lowest BCUT2D eigenvalue weighted by Crippen LogP contribution is -1.91. The molecular weight excluding hydrogens is 152 g/mol. The van der Waals surface area contributed by atoms with Gasteiger partial charge in [-0.3, -0.25) is 0 Å². The van der Waals surface area contributed by atoms with Gasteiger partial charge in [-0.2, -0.15) is 0 Å². The summed E-state index contributed by atoms with van der Waals surface area (Å²) in [5, 5.41) is 8.80. The van der Waals surface area contributed by atoms with Gasteiger partial charge in [0.15, 0.2) is 11.6 Å². The topological polar surface area (TPSA) is 46.2 Å². The fourth-order valence-corrected chi connectivity index (χ4v) is 0.756. The quantitative estimate of drug-likeness (QED) is 0.482. The second-order valence-corrected chi connectivity index (χ2v) is 2.15. The molecule has 0 atom stereocenters. The van der Waals surface area contributed by atoms with Crippen LogP contribution in [0.25, 0.3) is 0 Å². The van der Waals surface area contributed by atoms with E-state index in [4.69, 9.17) is 10.8 Å². The maximum Gasteiger partial charge on any atom is 0.174 e. The van der Waals surface area contributed by atoms with E-state index in [-0.39, 0.29) is 11.3 Å². The van der Waals surface area contributed by atoms with Crippen molar-refractivity contribution >= 4 is 5.69 Å². The van der Waals surface area contributed by atoms with E-state index >= 15 is 0 Å². The SMILES string of the molecule is Nc1cc(CF)cc(F)c1O. The van der Waals surface area contributed by atoms with E-state index in [0.717, 1.165) is 6.07 Å². The Balaban J connectivity index is 3.21. The van der Waals surface area contributed by atoms with Crippen molar-refractivity contribution in [3.05, 3.63) is 23.5 Å². The molecule has 0 radical (unpaired) electrons. The largest absolute Gasteiger partial charge is 0.503 e. The first-order valence-corrected chi connectivity index (χ1v) is 2.98. The van der Waals surface area contributed by atoms with Gasteiger partial charge in [-0.1, -0.05) is 0 Å². The van der Waals surface area contributed by atoms with Crippen molar-refractivity contribution in [2.45, 2.75) is 6.67 Å². The van der Waals surface area contributed by atoms with Crippen molar-refractivity contribution in [2.24, 2.45) is 0 Å². The first-order chi connectivity index (χ1) is 5.15. The van der Waals surface area contributed by atoms with Gasteiger partial charge in [-0.25, -0.2) is 8.78 Å². The van der Waals surface area contributed by atoms with Crippen molar-refractivity contribution < 1.29 is 13.9 Å². The minimum atomic E-state index is -0.891. The monoisotopic (exact) mass is 159 g/mol. The van der Waals surface area contributed by atoms with E-state index in [1.807, 2.05) is 0 Å². The number of alkyl halides is 1. The first-order valence-electron chi connectivity index (χ1n) is 2.98. The average molecular weight is 159 g/mol. The van der Waals surface area contributed by atoms with Crippen LogP contribution in [0.2, 0.25) is 0 Å². The number of rotatable bonds is 1. The van der Waals surface area contributed by atoms with Gasteiger partial charge >= 0.3 is 0 Å². The summed E-state index contributed by atoms with van der Waals surface area (Å²) in [6.07, 6.45) is 0. The Labute approximate surface area is 62.3 Å². The number of hydrogen-bond donors (Lipinski definition) is 2. The molecule has 4 heteroatoms. The summed E-state index contributed by atoms with van der Waals surface area (Å²) >= 11 is 0. The van der Waals surface area contributed by atoms with Crippen molar-refractivity contribution in [3.8, 4) is 5.75 Å². The van der Waals surface area contributed by atoms with Crippen molar-refractivity contribution in [1.82, 2.24) is 0 Å². The molecule has 0 fully saturated rings. The van der Waals surface area contributed by atoms with Crippen LogP contribution in [0.3, 0.4) is 0 Å². The molecule has 1 rings (SSSR count). The summed E-state index contributed by atoms with van der Waals surface area (Å²) < 4.78 is 24.4. The van der Waals surface area contributed by atoms with Gasteiger partial charge in [0.1, 0.15) is 6.67 Å². The maximum atomic E-state index is 12.5. The molecule has 0 unspecified atom stereocenters. The average Bonchev–Trinajstić information content (AvgIpc) is 1.99. The van der Waals surface area contributed by atoms with Crippen LogP contribution in [0.15, 0.2) is 12.1 Å². The number of nitrogens with two attached hydrogens (primary N) is 1. The second kappa shape index (κ2) is 2.74. The van der Waals surface area contributed by atoms with E-state index in [2.05, 4.69) is 0 Å². The number of nitrogen functional groups attached to an aromatic ring is 1. The molecule has 0 aromatic heterocycles. The molecular formula is C7H7F2NO. The third kappa shape index (κ3) is 1.39. The molecule has 0 aliphatic carbocycles. The lowest BCUT2D eigenvalue weighted by molar-refractivity contribution is 0.431. The number of halogens is 2. The summed E-state index contributed by atoms with van der Waals surface area (Å²) in [6.45, 7) is -0.790. The van der Waals surface area contributed by atoms with Gasteiger partial charge in [0, 0.05) is 0 Å². The predicted octanol–water partition coefficient (Wildman–Crippen LogP) is 1.58. The van der Waals surface area contributed by atoms with Gasteiger partial charge in [0.25, 0.3) is 0 Å². The standard InChI is InChI=1S/C7H7F2NO/c8-3-4-1-5(9)7(11)6(10)2-4/h1-2,11H,3,10H2. The highest BCUT2D eigenvalue weighted by Crippen LogP contribution is 2.25. The zero-order valence-corrected chi connectivity index (χ0v) is 5.64. The summed E-state index contributed by atoms with van der Waals surface area (Å²) in [5.74, 6) is -1.51. The molecule has 0 aliphatic heterocycles. The Morgan fingerprint density at radius 3 is 2.55 bits per heavy atom. The van der Waals surface area contributed by atoms with Crippen LogP contribution in [-0.2, 0) is 6.67 Å². The fraction of sp³-hybridized carbons (Fsp3) is 0.143. The van der Waals surface area contributed by atoms with E-state index in [1.165, 1.54) is 6.07 Å². The molecule has 0 saturated heterocycles. The molecule has 0 amide bonds. The molecule has 0 spiro atoms. The summed E-state index contributed by atoms with van der Waals surface area (Å²) in [6, 6.07) is 2.10. The lowest BCUT2D eigenvalue weighted by atomic mass is 10.2. The molecule has 2 nitrogen and oxygen atoms in total. The lowest BCUT2D eigenvalue weighted by Gasteiger charge is -2.01. The number of hydrogen-bond acceptors (Lipinski definition) is 2. The molecule has 0 saturated carbocycles. The number of phenols is 1. The summed E-state index contributed by atoms with van der Waals surface area (Å²) in [7, 11) is 0. The minimum absolute atomic E-state index is 0.123. The van der Waals surface area contributed by atoms with Crippen LogP contribution in [0.1, 0.15) is 5.56 Å². The fourth-order valence-electron chi connectivity index (χ4n) is 0.756. The van der Waals surface area contributed by atoms with Crippen LogP contribution >= 0.6 is 0 Å². The molecule has 0 heterocycles. The van der Waals surface area contributed by atoms with Gasteiger partial charge in [0.05, 0.1) is 5.69 Å². The minimum Gasteiger partial charge on any atom is -0.503 e. The van der Waals surface area contributed by atoms with Crippen LogP contribution in [0.4, 0.5) is 14.5 Å². The molecule has 0 bridgehead atoms. The van der Waals surface area contributed by atoms with Crippen LogP contribution in [0, 0.1) is 5.82 Å². The van der Waals surface area contributed by atoms with Gasteiger partial charge in [-0.05, 0) is 17.7 Å². The molecule has 1 aromatic rings. The van der Waals surface area contributed by atoms with E-state index in [1.54, 1.807) is 0 Å². The molecule has 1 aromatic carbocycles. The van der Waals surface area contributed by atoms with E-state index in [9.17, 15) is 8.78 Å². The molecule has 11 heavy (non-hydrogen) atoms. The zero-order chi connectivity index (χ0) is 8.43. The highest BCUT2D eigenvalue weighted by molar-refractivity contribution is 5.54. The maximum absolute atomic E-state index is 12.5. The molecule has 3 N–H and O–H groups in total. The normalized spacial score (nSPS) is 10.0. The Hall–Kier alpha value is -1.32. The predicted molar refractivity (Wildman–Crippen MR) is 37.3 cm³/mol. The molecule has 60 valence electrons. The van der Waals surface area contributed by atoms with E-state index < -0.39 is 18.2 Å². The summed E-state index contributed by atoms with van der Waals surface area (Å²) in [5.41, 5.74) is 5.12. The first kappa shape index (κ1) is 7.78. The number of benzene rings is 1. The Bertz CT molecular complexity index is 252. The van der Waals surface area contributed by atoms with Crippen LogP contribution in [-0.4, -0.2) is 5.11 Å². The molecule has 0 aliphatic rings. The zero-order valence-electron chi connectivity index (χ0n) is 5.64. The Morgan fingerprint density at radius 1 is 1.45 bits per heavy atom. The Kier molecular flexibility index (Phi) is 1.94. The van der Waals surface area contributed by atoms with Crippen molar-refractivity contribution in [3.63, 3.8) is 0 Å². The summed E-state index contributed by atoms with van der Waals surface area (Å²) in [4.78, 5) is 0. The highest BCUT2D eigenvalue weighted by Gasteiger charge is 2.06. The number of phenolic OH excluding ortho intramolecular Hbond substituents is 1. The smallest absolute Gasteiger partial charge is 0.174 e. The highest BCUT2D eigenvalue weighted by atomic mass is 19.1. The Morgan fingerprint density at radius 2 is 2.09 bits per heavy atom. The number of aromatic hydroxyl groups is 1. The second-order valence-electron chi connectivity index (χ2n) is 2.15. The number of anilines is 1. The van der Waals surface area contributed by atoms with Gasteiger partial charge in [-0.15, -0.1) is 0 Å². The third-order valence-electron chi connectivity index (χ3n) is 1.31. The van der Waals surface area contributed by atoms with Crippen LogP contribution in [0.5, 0.6) is 5.75 Å². The van der Waals surface area contributed by atoms with E-state index in [0.29, 0.717) is 0 Å². The van der Waals surface area contributed by atoms with Gasteiger partial charge in [0.2, 0.25) is 0 Å². The van der Waals surface area contributed by atoms with Gasteiger partial charge < -0.3 is 10.8 Å². The van der Waals surface area contributed by atoms with Crippen molar-refractivity contribution in [1.29, 1.82) is 0 Å².